The molecule has 0 aromatic rings. The summed E-state index contributed by atoms with van der Waals surface area (Å²) in [6.07, 6.45) is 2.81. The summed E-state index contributed by atoms with van der Waals surface area (Å²) >= 11 is 0. The molecule has 0 saturated heterocycles. The Morgan fingerprint density at radius 1 is 1.25 bits per heavy atom. The molecule has 0 spiro atoms. The Morgan fingerprint density at radius 2 is 1.90 bits per heavy atom. The molecule has 0 amide bonds. The topological polar surface area (TPSA) is 77.0 Å². The van der Waals surface area contributed by atoms with Crippen molar-refractivity contribution in [3.63, 3.8) is 0 Å². The van der Waals surface area contributed by atoms with Gasteiger partial charge in [0.2, 0.25) is 0 Å². The summed E-state index contributed by atoms with van der Waals surface area (Å²) in [5, 5.41) is 12.7. The number of carbonyl (C=O) groups is 1. The van der Waals surface area contributed by atoms with E-state index < -0.39 is 11.5 Å². The molecule has 1 rings (SSSR count). The second kappa shape index (κ2) is 9.28. The Bertz CT molecular complexity index is 283. The van der Waals surface area contributed by atoms with E-state index >= 15 is 0 Å². The number of carboxylic acids is 1. The van der Waals surface area contributed by atoms with E-state index in [9.17, 15) is 9.90 Å². The lowest BCUT2D eigenvalue weighted by molar-refractivity contribution is -0.149. The van der Waals surface area contributed by atoms with Gasteiger partial charge in [0, 0.05) is 7.11 Å². The van der Waals surface area contributed by atoms with E-state index in [0.29, 0.717) is 33.0 Å². The monoisotopic (exact) mass is 289 g/mol. The number of ether oxygens (including phenoxy) is 3. The number of nitrogens with one attached hydrogen (secondary N) is 1. The van der Waals surface area contributed by atoms with Gasteiger partial charge in [0.25, 0.3) is 0 Å². The van der Waals surface area contributed by atoms with Crippen LogP contribution in [0.2, 0.25) is 0 Å². The molecule has 1 saturated carbocycles. The van der Waals surface area contributed by atoms with Crippen LogP contribution in [0, 0.1) is 5.92 Å². The van der Waals surface area contributed by atoms with Crippen LogP contribution in [0.15, 0.2) is 0 Å². The van der Waals surface area contributed by atoms with E-state index in [-0.39, 0.29) is 12.5 Å². The summed E-state index contributed by atoms with van der Waals surface area (Å²) < 4.78 is 15.7. The Morgan fingerprint density at radius 3 is 2.45 bits per heavy atom. The van der Waals surface area contributed by atoms with Gasteiger partial charge < -0.3 is 19.3 Å². The highest BCUT2D eigenvalue weighted by Gasteiger charge is 2.51. The lowest BCUT2D eigenvalue weighted by Crippen LogP contribution is -2.57. The maximum Gasteiger partial charge on any atom is 0.326 e. The van der Waals surface area contributed by atoms with Crippen molar-refractivity contribution in [3.8, 4) is 0 Å². The van der Waals surface area contributed by atoms with E-state index in [1.54, 1.807) is 7.11 Å². The predicted molar refractivity (Wildman–Crippen MR) is 74.9 cm³/mol. The van der Waals surface area contributed by atoms with Crippen molar-refractivity contribution in [1.82, 2.24) is 5.32 Å². The van der Waals surface area contributed by atoms with E-state index in [2.05, 4.69) is 5.32 Å². The van der Waals surface area contributed by atoms with Crippen LogP contribution in [0.3, 0.4) is 0 Å². The number of hydrogen-bond acceptors (Lipinski definition) is 5. The molecule has 118 valence electrons. The zero-order valence-corrected chi connectivity index (χ0v) is 12.5. The van der Waals surface area contributed by atoms with Crippen molar-refractivity contribution in [2.24, 2.45) is 5.92 Å². The second-order valence-corrected chi connectivity index (χ2v) is 5.14. The minimum absolute atomic E-state index is 0.181. The number of rotatable bonds is 13. The third-order valence-electron chi connectivity index (χ3n) is 3.48. The first kappa shape index (κ1) is 17.4. The molecule has 0 aliphatic heterocycles. The fourth-order valence-electron chi connectivity index (χ4n) is 2.14. The molecule has 6 nitrogen and oxygen atoms in total. The van der Waals surface area contributed by atoms with Crippen molar-refractivity contribution in [2.45, 2.75) is 31.7 Å². The van der Waals surface area contributed by atoms with E-state index in [1.165, 1.54) is 0 Å². The molecule has 1 fully saturated rings. The summed E-state index contributed by atoms with van der Waals surface area (Å²) in [5.41, 5.74) is -0.928. The van der Waals surface area contributed by atoms with Gasteiger partial charge in [-0.25, -0.2) is 0 Å². The van der Waals surface area contributed by atoms with Crippen molar-refractivity contribution in [1.29, 1.82) is 0 Å². The molecular formula is C14H27NO5. The van der Waals surface area contributed by atoms with Crippen LogP contribution >= 0.6 is 0 Å². The Hall–Kier alpha value is -0.690. The first-order valence-electron chi connectivity index (χ1n) is 7.30. The molecule has 0 heterocycles. The van der Waals surface area contributed by atoms with Gasteiger partial charge in [0.15, 0.2) is 0 Å². The maximum atomic E-state index is 11.6. The molecule has 2 N–H and O–H groups in total. The van der Waals surface area contributed by atoms with Crippen LogP contribution in [0.25, 0.3) is 0 Å². The van der Waals surface area contributed by atoms with Gasteiger partial charge in [-0.2, -0.15) is 0 Å². The third-order valence-corrected chi connectivity index (χ3v) is 3.48. The largest absolute Gasteiger partial charge is 0.480 e. The SMILES string of the molecule is CCCNC(COCCOCCOC)(C(=O)O)C1CC1. The fraction of sp³-hybridized carbons (Fsp3) is 0.929. The zero-order chi connectivity index (χ0) is 14.8. The van der Waals surface area contributed by atoms with E-state index in [4.69, 9.17) is 14.2 Å². The van der Waals surface area contributed by atoms with Crippen LogP contribution < -0.4 is 5.32 Å². The average Bonchev–Trinajstić information content (AvgIpc) is 3.26. The highest BCUT2D eigenvalue weighted by atomic mass is 16.5. The van der Waals surface area contributed by atoms with Crippen LogP contribution in [-0.4, -0.2) is 63.3 Å². The minimum atomic E-state index is -0.928. The van der Waals surface area contributed by atoms with Crippen molar-refractivity contribution < 1.29 is 24.1 Å². The molecule has 0 aromatic carbocycles. The van der Waals surface area contributed by atoms with Gasteiger partial charge in [-0.1, -0.05) is 6.92 Å². The van der Waals surface area contributed by atoms with Crippen molar-refractivity contribution in [3.05, 3.63) is 0 Å². The molecule has 6 heteroatoms. The van der Waals surface area contributed by atoms with Gasteiger partial charge in [-0.3, -0.25) is 10.1 Å². The lowest BCUT2D eigenvalue weighted by Gasteiger charge is -2.30. The molecule has 1 atom stereocenters. The lowest BCUT2D eigenvalue weighted by atomic mass is 9.94. The van der Waals surface area contributed by atoms with Crippen LogP contribution in [0.4, 0.5) is 0 Å². The van der Waals surface area contributed by atoms with Gasteiger partial charge in [-0.15, -0.1) is 0 Å². The number of aliphatic carboxylic acids is 1. The summed E-state index contributed by atoms with van der Waals surface area (Å²) in [7, 11) is 1.62. The highest BCUT2D eigenvalue weighted by molar-refractivity contribution is 5.80. The molecule has 1 unspecified atom stereocenters. The number of hydrogen-bond donors (Lipinski definition) is 2. The average molecular weight is 289 g/mol. The highest BCUT2D eigenvalue weighted by Crippen LogP contribution is 2.40. The molecular weight excluding hydrogens is 262 g/mol. The Labute approximate surface area is 120 Å². The molecule has 0 radical (unpaired) electrons. The number of methoxy groups -OCH3 is 1. The standard InChI is InChI=1S/C14H27NO5/c1-3-6-15-14(13(16)17,12-4-5-12)11-20-10-9-19-8-7-18-2/h12,15H,3-11H2,1-2H3,(H,16,17). The second-order valence-electron chi connectivity index (χ2n) is 5.14. The van der Waals surface area contributed by atoms with Crippen molar-refractivity contribution >= 4 is 5.97 Å². The van der Waals surface area contributed by atoms with Crippen LogP contribution in [0.5, 0.6) is 0 Å². The Kier molecular flexibility index (Phi) is 8.06. The summed E-state index contributed by atoms with van der Waals surface area (Å²) in [6.45, 7) is 4.85. The molecule has 1 aliphatic carbocycles. The third kappa shape index (κ3) is 5.36. The zero-order valence-electron chi connectivity index (χ0n) is 12.5. The van der Waals surface area contributed by atoms with Crippen LogP contribution in [-0.2, 0) is 19.0 Å². The van der Waals surface area contributed by atoms with E-state index in [0.717, 1.165) is 19.3 Å². The van der Waals surface area contributed by atoms with Crippen molar-refractivity contribution in [2.75, 3.05) is 46.7 Å². The van der Waals surface area contributed by atoms with Gasteiger partial charge in [0.05, 0.1) is 33.0 Å². The van der Waals surface area contributed by atoms with Gasteiger partial charge in [-0.05, 0) is 31.7 Å². The molecule has 1 aliphatic rings. The smallest absolute Gasteiger partial charge is 0.326 e. The summed E-state index contributed by atoms with van der Waals surface area (Å²) in [6, 6.07) is 0. The predicted octanol–water partition coefficient (Wildman–Crippen LogP) is 0.899. The first-order valence-corrected chi connectivity index (χ1v) is 7.30. The van der Waals surface area contributed by atoms with Crippen LogP contribution in [0.1, 0.15) is 26.2 Å². The first-order chi connectivity index (χ1) is 9.67. The fourth-order valence-corrected chi connectivity index (χ4v) is 2.14. The molecule has 0 bridgehead atoms. The minimum Gasteiger partial charge on any atom is -0.480 e. The Balaban J connectivity index is 2.31. The van der Waals surface area contributed by atoms with Gasteiger partial charge >= 0.3 is 5.97 Å². The maximum absolute atomic E-state index is 11.6. The normalized spacial score (nSPS) is 17.9. The van der Waals surface area contributed by atoms with E-state index in [1.807, 2.05) is 6.92 Å². The molecule has 0 aromatic heterocycles. The number of carboxylic acid groups (broad SMARTS) is 1. The quantitative estimate of drug-likeness (QED) is 0.491. The molecule has 20 heavy (non-hydrogen) atoms. The summed E-state index contributed by atoms with van der Waals surface area (Å²) in [5.74, 6) is -0.630. The van der Waals surface area contributed by atoms with Gasteiger partial charge in [0.1, 0.15) is 5.54 Å². The summed E-state index contributed by atoms with van der Waals surface area (Å²) in [4.78, 5) is 11.6.